The van der Waals surface area contributed by atoms with Crippen LogP contribution >= 0.6 is 11.3 Å². The summed E-state index contributed by atoms with van der Waals surface area (Å²) in [6, 6.07) is 8.31. The summed E-state index contributed by atoms with van der Waals surface area (Å²) in [6.07, 6.45) is 2.63. The second kappa shape index (κ2) is 6.58. The number of carboxylic acids is 1. The summed E-state index contributed by atoms with van der Waals surface area (Å²) in [4.78, 5) is 17.5. The SMILES string of the molecule is CC1CCCN(Cc2ccc(-c3nc(C(=O)O)cs3)cc2)C1. The van der Waals surface area contributed by atoms with Gasteiger partial charge in [0.05, 0.1) is 0 Å². The van der Waals surface area contributed by atoms with Gasteiger partial charge in [-0.05, 0) is 30.9 Å². The van der Waals surface area contributed by atoms with Gasteiger partial charge in [0.15, 0.2) is 5.69 Å². The fourth-order valence-corrected chi connectivity index (χ4v) is 3.75. The molecule has 1 atom stereocenters. The predicted octanol–water partition coefficient (Wildman–Crippen LogP) is 3.74. The number of piperidine rings is 1. The Bertz CT molecular complexity index is 651. The van der Waals surface area contributed by atoms with Crippen molar-refractivity contribution < 1.29 is 9.90 Å². The zero-order valence-electron chi connectivity index (χ0n) is 12.7. The minimum atomic E-state index is -0.974. The maximum absolute atomic E-state index is 10.9. The Hall–Kier alpha value is -1.72. The first-order valence-corrected chi connectivity index (χ1v) is 8.50. The van der Waals surface area contributed by atoms with Crippen LogP contribution in [0.1, 0.15) is 35.8 Å². The highest BCUT2D eigenvalue weighted by Gasteiger charge is 2.16. The van der Waals surface area contributed by atoms with Crippen LogP contribution in [0.5, 0.6) is 0 Å². The number of benzene rings is 1. The fourth-order valence-electron chi connectivity index (χ4n) is 2.95. The summed E-state index contributed by atoms with van der Waals surface area (Å²) in [7, 11) is 0. The summed E-state index contributed by atoms with van der Waals surface area (Å²) >= 11 is 1.37. The van der Waals surface area contributed by atoms with Gasteiger partial charge in [-0.3, -0.25) is 4.90 Å². The Morgan fingerprint density at radius 2 is 2.18 bits per heavy atom. The van der Waals surface area contributed by atoms with E-state index in [0.717, 1.165) is 23.0 Å². The van der Waals surface area contributed by atoms with Crippen LogP contribution in [-0.2, 0) is 6.54 Å². The van der Waals surface area contributed by atoms with Crippen molar-refractivity contribution in [2.45, 2.75) is 26.3 Å². The van der Waals surface area contributed by atoms with Gasteiger partial charge in [0.25, 0.3) is 0 Å². The normalized spacial score (nSPS) is 19.2. The highest BCUT2D eigenvalue weighted by Crippen LogP contribution is 2.25. The number of rotatable bonds is 4. The Morgan fingerprint density at radius 1 is 1.41 bits per heavy atom. The molecule has 3 rings (SSSR count). The lowest BCUT2D eigenvalue weighted by atomic mass is 10.00. The second-order valence-electron chi connectivity index (χ2n) is 6.02. The molecule has 0 saturated carbocycles. The third-order valence-corrected chi connectivity index (χ3v) is 4.96. The number of hydrogen-bond donors (Lipinski definition) is 1. The Labute approximate surface area is 134 Å². The smallest absolute Gasteiger partial charge is 0.355 e. The molecule has 22 heavy (non-hydrogen) atoms. The van der Waals surface area contributed by atoms with E-state index in [1.165, 1.54) is 42.8 Å². The fraction of sp³-hybridized carbons (Fsp3) is 0.412. The van der Waals surface area contributed by atoms with Gasteiger partial charge in [0.1, 0.15) is 5.01 Å². The van der Waals surface area contributed by atoms with Crippen molar-refractivity contribution in [1.29, 1.82) is 0 Å². The molecule has 1 aromatic heterocycles. The van der Waals surface area contributed by atoms with Gasteiger partial charge in [-0.25, -0.2) is 9.78 Å². The maximum Gasteiger partial charge on any atom is 0.355 e. The van der Waals surface area contributed by atoms with Gasteiger partial charge in [-0.1, -0.05) is 31.2 Å². The average Bonchev–Trinajstić information content (AvgIpc) is 2.98. The molecule has 1 saturated heterocycles. The average molecular weight is 316 g/mol. The molecular weight excluding hydrogens is 296 g/mol. The number of hydrogen-bond acceptors (Lipinski definition) is 4. The zero-order chi connectivity index (χ0) is 15.5. The first kappa shape index (κ1) is 15.2. The van der Waals surface area contributed by atoms with Crippen LogP contribution in [-0.4, -0.2) is 34.0 Å². The predicted molar refractivity (Wildman–Crippen MR) is 88.2 cm³/mol. The quantitative estimate of drug-likeness (QED) is 0.933. The van der Waals surface area contributed by atoms with Crippen LogP contribution in [0.25, 0.3) is 10.6 Å². The first-order valence-electron chi connectivity index (χ1n) is 7.62. The summed E-state index contributed by atoms with van der Waals surface area (Å²) in [6.45, 7) is 5.66. The van der Waals surface area contributed by atoms with Crippen molar-refractivity contribution in [3.63, 3.8) is 0 Å². The van der Waals surface area contributed by atoms with E-state index in [9.17, 15) is 4.79 Å². The van der Waals surface area contributed by atoms with Crippen LogP contribution < -0.4 is 0 Å². The summed E-state index contributed by atoms with van der Waals surface area (Å²) in [5.41, 5.74) is 2.40. The number of nitrogens with zero attached hydrogens (tertiary/aromatic N) is 2. The van der Waals surface area contributed by atoms with E-state index in [1.807, 2.05) is 12.1 Å². The molecule has 5 heteroatoms. The number of carboxylic acid groups (broad SMARTS) is 1. The topological polar surface area (TPSA) is 53.4 Å². The van der Waals surface area contributed by atoms with Crippen molar-refractivity contribution in [3.05, 3.63) is 40.9 Å². The standard InChI is InChI=1S/C17H20N2O2S/c1-12-3-2-8-19(9-12)10-13-4-6-14(7-5-13)16-18-15(11-22-16)17(20)21/h4-7,11-12H,2-3,8-10H2,1H3,(H,20,21). The molecule has 1 unspecified atom stereocenters. The number of carbonyl (C=O) groups is 1. The van der Waals surface area contributed by atoms with Crippen molar-refractivity contribution in [1.82, 2.24) is 9.88 Å². The lowest BCUT2D eigenvalue weighted by molar-refractivity contribution is 0.0691. The van der Waals surface area contributed by atoms with Crippen LogP contribution in [0, 0.1) is 5.92 Å². The van der Waals surface area contributed by atoms with Crippen molar-refractivity contribution in [3.8, 4) is 10.6 Å². The first-order chi connectivity index (χ1) is 10.6. The Balaban J connectivity index is 1.68. The third kappa shape index (κ3) is 3.54. The highest BCUT2D eigenvalue weighted by atomic mass is 32.1. The molecule has 0 spiro atoms. The van der Waals surface area contributed by atoms with E-state index in [-0.39, 0.29) is 5.69 Å². The molecule has 1 aliphatic heterocycles. The van der Waals surface area contributed by atoms with Crippen molar-refractivity contribution in [2.75, 3.05) is 13.1 Å². The van der Waals surface area contributed by atoms with E-state index in [4.69, 9.17) is 5.11 Å². The maximum atomic E-state index is 10.9. The van der Waals surface area contributed by atoms with Gasteiger partial charge in [-0.15, -0.1) is 11.3 Å². The molecule has 1 aliphatic rings. The lowest BCUT2D eigenvalue weighted by Crippen LogP contribution is -2.33. The highest BCUT2D eigenvalue weighted by molar-refractivity contribution is 7.13. The van der Waals surface area contributed by atoms with Crippen LogP contribution in [0.3, 0.4) is 0 Å². The third-order valence-electron chi connectivity index (χ3n) is 4.07. The zero-order valence-corrected chi connectivity index (χ0v) is 13.5. The number of thiazole rings is 1. The van der Waals surface area contributed by atoms with Crippen LogP contribution in [0.2, 0.25) is 0 Å². The number of aromatic nitrogens is 1. The van der Waals surface area contributed by atoms with Crippen molar-refractivity contribution in [2.24, 2.45) is 5.92 Å². The molecule has 0 radical (unpaired) electrons. The molecule has 1 N–H and O–H groups in total. The molecule has 0 bridgehead atoms. The minimum Gasteiger partial charge on any atom is -0.476 e. The molecule has 0 aliphatic carbocycles. The largest absolute Gasteiger partial charge is 0.476 e. The lowest BCUT2D eigenvalue weighted by Gasteiger charge is -2.30. The van der Waals surface area contributed by atoms with Crippen molar-refractivity contribution >= 4 is 17.3 Å². The Kier molecular flexibility index (Phi) is 4.55. The monoisotopic (exact) mass is 316 g/mol. The molecule has 0 amide bonds. The molecule has 4 nitrogen and oxygen atoms in total. The van der Waals surface area contributed by atoms with Gasteiger partial charge in [0.2, 0.25) is 0 Å². The minimum absolute atomic E-state index is 0.117. The molecule has 2 aromatic rings. The molecule has 1 aromatic carbocycles. The van der Waals surface area contributed by atoms with Gasteiger partial charge in [0, 0.05) is 24.0 Å². The van der Waals surface area contributed by atoms with E-state index >= 15 is 0 Å². The summed E-state index contributed by atoms with van der Waals surface area (Å²) in [5.74, 6) is -0.184. The van der Waals surface area contributed by atoms with Gasteiger partial charge in [-0.2, -0.15) is 0 Å². The second-order valence-corrected chi connectivity index (χ2v) is 6.88. The van der Waals surface area contributed by atoms with E-state index in [0.29, 0.717) is 0 Å². The van der Waals surface area contributed by atoms with Gasteiger partial charge < -0.3 is 5.11 Å². The van der Waals surface area contributed by atoms with Crippen LogP contribution in [0.15, 0.2) is 29.6 Å². The molecule has 1 fully saturated rings. The summed E-state index contributed by atoms with van der Waals surface area (Å²) < 4.78 is 0. The van der Waals surface area contributed by atoms with E-state index < -0.39 is 5.97 Å². The Morgan fingerprint density at radius 3 is 2.82 bits per heavy atom. The van der Waals surface area contributed by atoms with Crippen LogP contribution in [0.4, 0.5) is 0 Å². The van der Waals surface area contributed by atoms with E-state index in [2.05, 4.69) is 28.9 Å². The molecular formula is C17H20N2O2S. The summed E-state index contributed by atoms with van der Waals surface area (Å²) in [5, 5.41) is 11.3. The van der Waals surface area contributed by atoms with Gasteiger partial charge >= 0.3 is 5.97 Å². The molecule has 116 valence electrons. The number of aromatic carboxylic acids is 1. The number of likely N-dealkylation sites (tertiary alicyclic amines) is 1. The molecule has 2 heterocycles. The van der Waals surface area contributed by atoms with E-state index in [1.54, 1.807) is 5.38 Å².